The van der Waals surface area contributed by atoms with Gasteiger partial charge in [-0.2, -0.15) is 0 Å². The van der Waals surface area contributed by atoms with Gasteiger partial charge in [-0.1, -0.05) is 11.6 Å². The van der Waals surface area contributed by atoms with E-state index in [1.54, 1.807) is 18.2 Å². The molecule has 0 saturated carbocycles. The van der Waals surface area contributed by atoms with E-state index in [2.05, 4.69) is 26.2 Å². The predicted octanol–water partition coefficient (Wildman–Crippen LogP) is 3.89. The summed E-state index contributed by atoms with van der Waals surface area (Å²) in [5.74, 6) is -1.20. The van der Waals surface area contributed by atoms with Gasteiger partial charge in [-0.3, -0.25) is 9.78 Å². The quantitative estimate of drug-likeness (QED) is 0.908. The summed E-state index contributed by atoms with van der Waals surface area (Å²) in [6.07, 6.45) is 2.35. The molecule has 2 rings (SSSR count). The molecule has 1 heterocycles. The molecule has 0 radical (unpaired) electrons. The molecule has 0 aliphatic heterocycles. The van der Waals surface area contributed by atoms with Crippen molar-refractivity contribution in [2.75, 3.05) is 5.32 Å². The van der Waals surface area contributed by atoms with Gasteiger partial charge in [0.1, 0.15) is 0 Å². The molecule has 0 aliphatic rings. The van der Waals surface area contributed by atoms with Crippen LogP contribution in [0.25, 0.3) is 0 Å². The van der Waals surface area contributed by atoms with Gasteiger partial charge in [0.15, 0.2) is 5.82 Å². The Hall–Kier alpha value is -1.46. The average Bonchev–Trinajstić information content (AvgIpc) is 2.34. The normalized spacial score (nSPS) is 10.2. The summed E-state index contributed by atoms with van der Waals surface area (Å²) in [4.78, 5) is 15.4. The number of carbonyl (C=O) groups is 1. The van der Waals surface area contributed by atoms with Crippen molar-refractivity contribution in [3.05, 3.63) is 57.5 Å². The zero-order valence-electron chi connectivity index (χ0n) is 8.95. The molecule has 18 heavy (non-hydrogen) atoms. The molecule has 0 aliphatic carbocycles. The van der Waals surface area contributed by atoms with Gasteiger partial charge in [0.05, 0.1) is 16.8 Å². The van der Waals surface area contributed by atoms with E-state index in [9.17, 15) is 9.18 Å². The summed E-state index contributed by atoms with van der Waals surface area (Å²) in [5.41, 5.74) is 0.462. The number of benzene rings is 1. The minimum Gasteiger partial charge on any atom is -0.322 e. The number of nitrogens with zero attached hydrogens (tertiary/aromatic N) is 1. The van der Waals surface area contributed by atoms with Crippen LogP contribution in [0.2, 0.25) is 5.02 Å². The Balaban J connectivity index is 2.22. The van der Waals surface area contributed by atoms with Crippen LogP contribution in [0.5, 0.6) is 0 Å². The second-order valence-electron chi connectivity index (χ2n) is 3.44. The number of rotatable bonds is 2. The number of pyridine rings is 1. The largest absolute Gasteiger partial charge is 0.322 e. The maximum Gasteiger partial charge on any atom is 0.258 e. The van der Waals surface area contributed by atoms with Crippen LogP contribution in [0.4, 0.5) is 10.1 Å². The first-order valence-corrected chi connectivity index (χ1v) is 6.11. The van der Waals surface area contributed by atoms with Crippen molar-refractivity contribution in [2.45, 2.75) is 0 Å². The van der Waals surface area contributed by atoms with Crippen molar-refractivity contribution in [1.82, 2.24) is 4.98 Å². The Labute approximate surface area is 116 Å². The third-order valence-electron chi connectivity index (χ3n) is 2.19. The van der Waals surface area contributed by atoms with Crippen molar-refractivity contribution in [2.24, 2.45) is 0 Å². The lowest BCUT2D eigenvalue weighted by Gasteiger charge is -2.06. The van der Waals surface area contributed by atoms with E-state index in [4.69, 9.17) is 11.6 Å². The van der Waals surface area contributed by atoms with Gasteiger partial charge in [0.2, 0.25) is 0 Å². The number of nitrogens with one attached hydrogen (secondary N) is 1. The predicted molar refractivity (Wildman–Crippen MR) is 71.3 cm³/mol. The molecule has 1 N–H and O–H groups in total. The van der Waals surface area contributed by atoms with Crippen LogP contribution in [0.3, 0.4) is 0 Å². The highest BCUT2D eigenvalue weighted by molar-refractivity contribution is 9.10. The molecule has 0 saturated heterocycles. The van der Waals surface area contributed by atoms with Crippen LogP contribution in [-0.4, -0.2) is 10.9 Å². The highest BCUT2D eigenvalue weighted by Gasteiger charge is 2.11. The molecule has 0 spiro atoms. The van der Waals surface area contributed by atoms with Gasteiger partial charge in [-0.15, -0.1) is 0 Å². The number of hydrogen-bond donors (Lipinski definition) is 1. The second-order valence-corrected chi connectivity index (χ2v) is 4.70. The molecule has 1 aromatic heterocycles. The number of hydrogen-bond acceptors (Lipinski definition) is 2. The minimum absolute atomic E-state index is 0.0592. The fraction of sp³-hybridized carbons (Fsp3) is 0. The first-order chi connectivity index (χ1) is 8.58. The average molecular weight is 330 g/mol. The van der Waals surface area contributed by atoms with E-state index < -0.39 is 11.7 Å². The van der Waals surface area contributed by atoms with E-state index in [-0.39, 0.29) is 5.56 Å². The molecular formula is C12H7BrClFN2O. The highest BCUT2D eigenvalue weighted by Crippen LogP contribution is 2.25. The van der Waals surface area contributed by atoms with E-state index in [0.717, 1.165) is 6.20 Å². The summed E-state index contributed by atoms with van der Waals surface area (Å²) < 4.78 is 14.0. The van der Waals surface area contributed by atoms with Crippen LogP contribution < -0.4 is 5.32 Å². The lowest BCUT2D eigenvalue weighted by Crippen LogP contribution is -2.13. The topological polar surface area (TPSA) is 42.0 Å². The van der Waals surface area contributed by atoms with Gasteiger partial charge in [0.25, 0.3) is 5.91 Å². The van der Waals surface area contributed by atoms with Crippen LogP contribution in [0.1, 0.15) is 10.4 Å². The lowest BCUT2D eigenvalue weighted by molar-refractivity contribution is 0.102. The molecule has 92 valence electrons. The first kappa shape index (κ1) is 13.0. The van der Waals surface area contributed by atoms with E-state index in [1.165, 1.54) is 12.3 Å². The van der Waals surface area contributed by atoms with Gasteiger partial charge < -0.3 is 5.32 Å². The third-order valence-corrected chi connectivity index (χ3v) is 3.41. The third kappa shape index (κ3) is 2.86. The molecule has 1 amide bonds. The number of carbonyl (C=O) groups excluding carboxylic acids is 1. The molecule has 0 bridgehead atoms. The Morgan fingerprint density at radius 2 is 2.17 bits per heavy atom. The summed E-state index contributed by atoms with van der Waals surface area (Å²) in [6, 6.07) is 6.21. The van der Waals surface area contributed by atoms with Crippen LogP contribution in [0.15, 0.2) is 41.1 Å². The Morgan fingerprint density at radius 3 is 2.83 bits per heavy atom. The van der Waals surface area contributed by atoms with E-state index >= 15 is 0 Å². The van der Waals surface area contributed by atoms with Crippen molar-refractivity contribution in [3.8, 4) is 0 Å². The van der Waals surface area contributed by atoms with Crippen LogP contribution in [0, 0.1) is 5.82 Å². The van der Waals surface area contributed by atoms with Crippen LogP contribution >= 0.6 is 27.5 Å². The summed E-state index contributed by atoms with van der Waals surface area (Å²) in [5, 5.41) is 3.10. The molecule has 1 aromatic carbocycles. The fourth-order valence-electron chi connectivity index (χ4n) is 1.33. The number of amides is 1. The van der Waals surface area contributed by atoms with Gasteiger partial charge in [-0.25, -0.2) is 4.39 Å². The summed E-state index contributed by atoms with van der Waals surface area (Å²) >= 11 is 9.07. The molecular weight excluding hydrogens is 322 g/mol. The SMILES string of the molecule is O=C(Nc1ccc(Cl)c(Br)c1)c1ccncc1F. The molecule has 2 aromatic rings. The van der Waals surface area contributed by atoms with E-state index in [0.29, 0.717) is 15.2 Å². The number of aromatic nitrogens is 1. The van der Waals surface area contributed by atoms with Gasteiger partial charge in [0, 0.05) is 16.4 Å². The second kappa shape index (κ2) is 5.46. The number of anilines is 1. The zero-order valence-corrected chi connectivity index (χ0v) is 11.3. The smallest absolute Gasteiger partial charge is 0.258 e. The highest BCUT2D eigenvalue weighted by atomic mass is 79.9. The zero-order chi connectivity index (χ0) is 13.1. The van der Waals surface area contributed by atoms with Crippen molar-refractivity contribution in [3.63, 3.8) is 0 Å². The standard InChI is InChI=1S/C12H7BrClFN2O/c13-9-5-7(1-2-10(9)14)17-12(18)8-3-4-16-6-11(8)15/h1-6H,(H,17,18). The van der Waals surface area contributed by atoms with Crippen molar-refractivity contribution in [1.29, 1.82) is 0 Å². The van der Waals surface area contributed by atoms with E-state index in [1.807, 2.05) is 0 Å². The Bertz CT molecular complexity index is 606. The Morgan fingerprint density at radius 1 is 1.39 bits per heavy atom. The Kier molecular flexibility index (Phi) is 3.93. The lowest BCUT2D eigenvalue weighted by atomic mass is 10.2. The monoisotopic (exact) mass is 328 g/mol. The van der Waals surface area contributed by atoms with Crippen molar-refractivity contribution < 1.29 is 9.18 Å². The van der Waals surface area contributed by atoms with Crippen molar-refractivity contribution >= 4 is 39.1 Å². The first-order valence-electron chi connectivity index (χ1n) is 4.94. The van der Waals surface area contributed by atoms with Gasteiger partial charge >= 0.3 is 0 Å². The summed E-state index contributed by atoms with van der Waals surface area (Å²) in [6.45, 7) is 0. The van der Waals surface area contributed by atoms with Crippen LogP contribution in [-0.2, 0) is 0 Å². The van der Waals surface area contributed by atoms with Gasteiger partial charge in [-0.05, 0) is 40.2 Å². The minimum atomic E-state index is -0.664. The maximum absolute atomic E-state index is 13.3. The molecule has 0 atom stereocenters. The molecule has 6 heteroatoms. The molecule has 0 unspecified atom stereocenters. The fourth-order valence-corrected chi connectivity index (χ4v) is 1.83. The molecule has 0 fully saturated rings. The molecule has 3 nitrogen and oxygen atoms in total. The summed E-state index contributed by atoms with van der Waals surface area (Å²) in [7, 11) is 0. The maximum atomic E-state index is 13.3. The number of halogens is 3.